The molecular formula is C22H27N3O3. The number of nitrogens with two attached hydrogens (primary N) is 1. The monoisotopic (exact) mass is 381 g/mol. The van der Waals surface area contributed by atoms with Gasteiger partial charge in [0.05, 0.1) is 0 Å². The molecule has 6 nitrogen and oxygen atoms in total. The number of carbonyl (C=O) groups is 2. The van der Waals surface area contributed by atoms with Gasteiger partial charge in [0.2, 0.25) is 5.91 Å². The van der Waals surface area contributed by atoms with Crippen molar-refractivity contribution in [3.05, 3.63) is 65.7 Å². The van der Waals surface area contributed by atoms with E-state index in [2.05, 4.69) is 5.32 Å². The highest BCUT2D eigenvalue weighted by Gasteiger charge is 2.35. The van der Waals surface area contributed by atoms with Gasteiger partial charge in [-0.05, 0) is 35.6 Å². The van der Waals surface area contributed by atoms with E-state index in [9.17, 15) is 14.7 Å². The molecule has 4 N–H and O–H groups in total. The minimum absolute atomic E-state index is 0.158. The van der Waals surface area contributed by atoms with Crippen LogP contribution in [0, 0.1) is 5.92 Å². The van der Waals surface area contributed by atoms with Gasteiger partial charge >= 0.3 is 6.09 Å². The fraction of sp³-hybridized carbons (Fsp3) is 0.364. The predicted molar refractivity (Wildman–Crippen MR) is 109 cm³/mol. The molecule has 0 aromatic heterocycles. The molecule has 28 heavy (non-hydrogen) atoms. The molecule has 1 saturated carbocycles. The average Bonchev–Trinajstić information content (AvgIpc) is 3.39. The van der Waals surface area contributed by atoms with Crippen LogP contribution in [0.1, 0.15) is 37.3 Å². The summed E-state index contributed by atoms with van der Waals surface area (Å²) < 4.78 is 0. The molecule has 1 aliphatic carbocycles. The van der Waals surface area contributed by atoms with Gasteiger partial charge in [0.1, 0.15) is 6.04 Å². The molecule has 0 saturated heterocycles. The Hall–Kier alpha value is -2.86. The Balaban J connectivity index is 1.73. The minimum Gasteiger partial charge on any atom is -0.465 e. The lowest BCUT2D eigenvalue weighted by Crippen LogP contribution is -2.49. The standard InChI is InChI=1S/C22H27N3O3/c1-14(2)20(25(22(27)28)13-15-6-4-3-5-7-15)21(26)24-17-10-8-16(9-11-17)18-12-19(18)23/h3-11,14,18-20H,12-13,23H2,1-2H3,(H,24,26)(H,27,28)/t18-,19+,20?/m0/s1. The summed E-state index contributed by atoms with van der Waals surface area (Å²) in [6.07, 6.45) is -0.121. The molecule has 1 unspecified atom stereocenters. The van der Waals surface area contributed by atoms with Crippen LogP contribution in [0.3, 0.4) is 0 Å². The molecule has 6 heteroatoms. The van der Waals surface area contributed by atoms with Gasteiger partial charge in [-0.25, -0.2) is 4.79 Å². The second kappa shape index (κ2) is 8.44. The molecule has 0 radical (unpaired) electrons. The maximum Gasteiger partial charge on any atom is 0.408 e. The summed E-state index contributed by atoms with van der Waals surface area (Å²) in [5, 5.41) is 12.6. The normalized spacial score (nSPS) is 19.1. The van der Waals surface area contributed by atoms with Crippen molar-refractivity contribution in [2.75, 3.05) is 5.32 Å². The number of carboxylic acid groups (broad SMARTS) is 1. The van der Waals surface area contributed by atoms with Crippen molar-refractivity contribution in [1.82, 2.24) is 4.90 Å². The number of anilines is 1. The van der Waals surface area contributed by atoms with E-state index in [1.807, 2.05) is 68.4 Å². The molecule has 2 amide bonds. The van der Waals surface area contributed by atoms with Crippen LogP contribution in [0.25, 0.3) is 0 Å². The average molecular weight is 381 g/mol. The third-order valence-corrected chi connectivity index (χ3v) is 5.12. The van der Waals surface area contributed by atoms with Crippen LogP contribution in [-0.4, -0.2) is 34.1 Å². The Labute approximate surface area is 165 Å². The van der Waals surface area contributed by atoms with Crippen molar-refractivity contribution in [3.63, 3.8) is 0 Å². The van der Waals surface area contributed by atoms with Gasteiger partial charge < -0.3 is 16.2 Å². The van der Waals surface area contributed by atoms with Crippen molar-refractivity contribution in [2.45, 2.75) is 44.8 Å². The second-order valence-corrected chi connectivity index (χ2v) is 7.70. The molecule has 1 aliphatic rings. The van der Waals surface area contributed by atoms with Crippen LogP contribution in [0.2, 0.25) is 0 Å². The Kier molecular flexibility index (Phi) is 5.99. The van der Waals surface area contributed by atoms with Crippen molar-refractivity contribution in [1.29, 1.82) is 0 Å². The highest BCUT2D eigenvalue weighted by molar-refractivity contribution is 5.96. The van der Waals surface area contributed by atoms with Crippen molar-refractivity contribution < 1.29 is 14.7 Å². The summed E-state index contributed by atoms with van der Waals surface area (Å²) in [5.41, 5.74) is 8.55. The summed E-state index contributed by atoms with van der Waals surface area (Å²) in [7, 11) is 0. The molecule has 2 aromatic rings. The largest absolute Gasteiger partial charge is 0.465 e. The molecular weight excluding hydrogens is 354 g/mol. The van der Waals surface area contributed by atoms with Gasteiger partial charge in [0.15, 0.2) is 0 Å². The number of nitrogens with zero attached hydrogens (tertiary/aromatic N) is 1. The van der Waals surface area contributed by atoms with Gasteiger partial charge in [-0.3, -0.25) is 9.69 Å². The number of rotatable bonds is 7. The minimum atomic E-state index is -1.12. The van der Waals surface area contributed by atoms with Crippen LogP contribution < -0.4 is 11.1 Å². The molecule has 2 aromatic carbocycles. The number of nitrogens with one attached hydrogen (secondary N) is 1. The van der Waals surface area contributed by atoms with Crippen molar-refractivity contribution in [3.8, 4) is 0 Å². The van der Waals surface area contributed by atoms with Gasteiger partial charge in [-0.1, -0.05) is 56.3 Å². The van der Waals surface area contributed by atoms with Gasteiger partial charge in [-0.2, -0.15) is 0 Å². The maximum atomic E-state index is 12.9. The van der Waals surface area contributed by atoms with Crippen LogP contribution in [0.5, 0.6) is 0 Å². The number of benzene rings is 2. The van der Waals surface area contributed by atoms with E-state index >= 15 is 0 Å². The molecule has 0 bridgehead atoms. The van der Waals surface area contributed by atoms with Crippen molar-refractivity contribution >= 4 is 17.7 Å². The van der Waals surface area contributed by atoms with Crippen LogP contribution >= 0.6 is 0 Å². The number of amides is 2. The van der Waals surface area contributed by atoms with E-state index in [0.717, 1.165) is 12.0 Å². The highest BCUT2D eigenvalue weighted by atomic mass is 16.4. The Morgan fingerprint density at radius 2 is 1.75 bits per heavy atom. The molecule has 148 valence electrons. The Bertz CT molecular complexity index is 821. The summed E-state index contributed by atoms with van der Waals surface area (Å²) in [6.45, 7) is 3.86. The molecule has 1 fully saturated rings. The lowest BCUT2D eigenvalue weighted by molar-refractivity contribution is -0.122. The van der Waals surface area contributed by atoms with Crippen molar-refractivity contribution in [2.24, 2.45) is 11.7 Å². The number of hydrogen-bond donors (Lipinski definition) is 3. The quantitative estimate of drug-likeness (QED) is 0.682. The summed E-state index contributed by atoms with van der Waals surface area (Å²) in [4.78, 5) is 26.0. The third-order valence-electron chi connectivity index (χ3n) is 5.12. The van der Waals surface area contributed by atoms with E-state index in [1.165, 1.54) is 10.5 Å². The summed E-state index contributed by atoms with van der Waals surface area (Å²) in [6, 6.07) is 16.4. The first-order chi connectivity index (χ1) is 13.4. The lowest BCUT2D eigenvalue weighted by Gasteiger charge is -2.31. The lowest BCUT2D eigenvalue weighted by atomic mass is 10.0. The fourth-order valence-electron chi connectivity index (χ4n) is 3.50. The van der Waals surface area contributed by atoms with E-state index in [4.69, 9.17) is 5.73 Å². The van der Waals surface area contributed by atoms with Crippen LogP contribution in [0.4, 0.5) is 10.5 Å². The SMILES string of the molecule is CC(C)C(C(=O)Nc1ccc([C@@H]2C[C@H]2N)cc1)N(Cc1ccccc1)C(=O)O. The van der Waals surface area contributed by atoms with E-state index in [1.54, 1.807) is 0 Å². The van der Waals surface area contributed by atoms with Crippen LogP contribution in [0.15, 0.2) is 54.6 Å². The van der Waals surface area contributed by atoms with Crippen LogP contribution in [-0.2, 0) is 11.3 Å². The third kappa shape index (κ3) is 4.70. The number of hydrogen-bond acceptors (Lipinski definition) is 3. The molecule has 0 heterocycles. The number of carbonyl (C=O) groups excluding carboxylic acids is 1. The molecule has 3 rings (SSSR count). The zero-order valence-corrected chi connectivity index (χ0v) is 16.2. The van der Waals surface area contributed by atoms with E-state index in [0.29, 0.717) is 11.6 Å². The Morgan fingerprint density at radius 1 is 1.14 bits per heavy atom. The topological polar surface area (TPSA) is 95.7 Å². The maximum absolute atomic E-state index is 12.9. The smallest absolute Gasteiger partial charge is 0.408 e. The zero-order chi connectivity index (χ0) is 20.3. The van der Waals surface area contributed by atoms with Gasteiger partial charge in [-0.15, -0.1) is 0 Å². The summed E-state index contributed by atoms with van der Waals surface area (Å²) in [5.74, 6) is -0.103. The fourth-order valence-corrected chi connectivity index (χ4v) is 3.50. The molecule has 3 atom stereocenters. The first-order valence-electron chi connectivity index (χ1n) is 9.56. The summed E-state index contributed by atoms with van der Waals surface area (Å²) >= 11 is 0. The molecule has 0 aliphatic heterocycles. The highest BCUT2D eigenvalue weighted by Crippen LogP contribution is 2.39. The first kappa shape index (κ1) is 19.9. The Morgan fingerprint density at radius 3 is 2.25 bits per heavy atom. The first-order valence-corrected chi connectivity index (χ1v) is 9.56. The van der Waals surface area contributed by atoms with E-state index < -0.39 is 12.1 Å². The van der Waals surface area contributed by atoms with Gasteiger partial charge in [0.25, 0.3) is 0 Å². The van der Waals surface area contributed by atoms with E-state index in [-0.39, 0.29) is 24.4 Å². The molecule has 0 spiro atoms. The second-order valence-electron chi connectivity index (χ2n) is 7.70. The predicted octanol–water partition coefficient (Wildman–Crippen LogP) is 3.64. The van der Waals surface area contributed by atoms with Gasteiger partial charge in [0, 0.05) is 24.2 Å². The zero-order valence-electron chi connectivity index (χ0n) is 16.2.